The summed E-state index contributed by atoms with van der Waals surface area (Å²) in [6.07, 6.45) is 1.55. The van der Waals surface area contributed by atoms with Gasteiger partial charge in [0.05, 0.1) is 5.69 Å². The van der Waals surface area contributed by atoms with E-state index in [-0.39, 0.29) is 29.6 Å². The lowest BCUT2D eigenvalue weighted by atomic mass is 9.72. The van der Waals surface area contributed by atoms with Gasteiger partial charge in [0.1, 0.15) is 29.5 Å². The maximum Gasteiger partial charge on any atom is 0.410 e. The Balaban J connectivity index is 1.56. The molecule has 1 aromatic carbocycles. The third-order valence-electron chi connectivity index (χ3n) is 8.87. The van der Waals surface area contributed by atoms with Crippen molar-refractivity contribution in [1.82, 2.24) is 19.8 Å². The number of likely N-dealkylation sites (tertiary alicyclic amines) is 1. The molecule has 1 spiro atoms. The number of aromatic nitrogens is 2. The number of hydrogen-bond donors (Lipinski definition) is 0. The topological polar surface area (TPSA) is 88.1 Å². The first-order valence-electron chi connectivity index (χ1n) is 15.9. The van der Waals surface area contributed by atoms with Crippen LogP contribution in [0.5, 0.6) is 0 Å². The summed E-state index contributed by atoms with van der Waals surface area (Å²) in [5, 5.41) is 0. The van der Waals surface area contributed by atoms with Crippen LogP contribution in [0.15, 0.2) is 24.5 Å². The van der Waals surface area contributed by atoms with E-state index in [1.54, 1.807) is 9.80 Å². The third kappa shape index (κ3) is 6.22. The summed E-state index contributed by atoms with van der Waals surface area (Å²) in [6.45, 7) is 19.4. The van der Waals surface area contributed by atoms with Crippen LogP contribution in [0, 0.1) is 0 Å². The molecule has 0 N–H and O–H groups in total. The summed E-state index contributed by atoms with van der Waals surface area (Å²) in [7, 11) is 0. The number of amides is 2. The highest BCUT2D eigenvalue weighted by Crippen LogP contribution is 2.54. The number of alkyl halides is 1. The number of nitrogens with zero attached hydrogens (tertiary/aromatic N) is 5. The molecule has 5 rings (SSSR count). The first kappa shape index (κ1) is 32.0. The van der Waals surface area contributed by atoms with Crippen molar-refractivity contribution in [2.75, 3.05) is 24.5 Å². The lowest BCUT2D eigenvalue weighted by molar-refractivity contribution is 0.0148. The molecule has 1 saturated heterocycles. The number of ether oxygens (including phenoxy) is 2. The fourth-order valence-electron chi connectivity index (χ4n) is 6.90. The molecule has 0 bridgehead atoms. The van der Waals surface area contributed by atoms with Gasteiger partial charge in [0, 0.05) is 48.9 Å². The SMILES string of the molecule is CC(C)N(Cc1cccc2c1C1(CCN(C(=O)OC(C)(C)C)CC1)CN2c1ncnc2c1[C@H](C)C[C@@H]2F)C(=O)OC(C)(C)C. The largest absolute Gasteiger partial charge is 0.444 e. The Morgan fingerprint density at radius 2 is 1.73 bits per heavy atom. The molecular weight excluding hydrogens is 561 g/mol. The second-order valence-electron chi connectivity index (χ2n) is 14.9. The number of hydrogen-bond acceptors (Lipinski definition) is 7. The minimum absolute atomic E-state index is 0.00278. The van der Waals surface area contributed by atoms with Crippen LogP contribution in [0.4, 0.5) is 25.5 Å². The summed E-state index contributed by atoms with van der Waals surface area (Å²) in [6, 6.07) is 6.12. The molecule has 44 heavy (non-hydrogen) atoms. The third-order valence-corrected chi connectivity index (χ3v) is 8.87. The molecule has 3 heterocycles. The van der Waals surface area contributed by atoms with Crippen molar-refractivity contribution in [1.29, 1.82) is 0 Å². The van der Waals surface area contributed by atoms with Crippen LogP contribution in [-0.2, 0) is 21.4 Å². The van der Waals surface area contributed by atoms with E-state index < -0.39 is 17.4 Å². The van der Waals surface area contributed by atoms with E-state index >= 15 is 0 Å². The van der Waals surface area contributed by atoms with Gasteiger partial charge in [0.25, 0.3) is 0 Å². The Morgan fingerprint density at radius 1 is 1.07 bits per heavy atom. The normalized spacial score (nSPS) is 21.0. The molecule has 240 valence electrons. The van der Waals surface area contributed by atoms with E-state index in [9.17, 15) is 14.0 Å². The summed E-state index contributed by atoms with van der Waals surface area (Å²) in [5.41, 5.74) is 3.07. The summed E-state index contributed by atoms with van der Waals surface area (Å²) in [4.78, 5) is 41.2. The molecule has 2 aromatic rings. The summed E-state index contributed by atoms with van der Waals surface area (Å²) < 4.78 is 26.5. The molecule has 0 unspecified atom stereocenters. The van der Waals surface area contributed by atoms with Gasteiger partial charge in [-0.15, -0.1) is 0 Å². The molecule has 1 fully saturated rings. The van der Waals surface area contributed by atoms with E-state index in [4.69, 9.17) is 14.5 Å². The van der Waals surface area contributed by atoms with Gasteiger partial charge >= 0.3 is 12.2 Å². The molecule has 9 nitrogen and oxygen atoms in total. The van der Waals surface area contributed by atoms with Gasteiger partial charge in [-0.3, -0.25) is 0 Å². The summed E-state index contributed by atoms with van der Waals surface area (Å²) in [5.74, 6) is 0.748. The van der Waals surface area contributed by atoms with Crippen LogP contribution in [0.1, 0.15) is 116 Å². The van der Waals surface area contributed by atoms with Crippen molar-refractivity contribution < 1.29 is 23.5 Å². The molecule has 0 saturated carbocycles. The predicted octanol–water partition coefficient (Wildman–Crippen LogP) is 7.56. The van der Waals surface area contributed by atoms with Gasteiger partial charge in [-0.05, 0) is 97.8 Å². The fraction of sp³-hybridized carbons (Fsp3) is 0.647. The zero-order valence-electron chi connectivity index (χ0n) is 27.7. The molecule has 2 atom stereocenters. The van der Waals surface area contributed by atoms with Crippen LogP contribution in [0.2, 0.25) is 0 Å². The van der Waals surface area contributed by atoms with Gasteiger partial charge in [0.15, 0.2) is 0 Å². The second-order valence-corrected chi connectivity index (χ2v) is 14.9. The smallest absolute Gasteiger partial charge is 0.410 e. The van der Waals surface area contributed by atoms with Crippen molar-refractivity contribution in [3.8, 4) is 0 Å². The van der Waals surface area contributed by atoms with Gasteiger partial charge in [-0.25, -0.2) is 23.9 Å². The average Bonchev–Trinajstić information content (AvgIpc) is 3.39. The summed E-state index contributed by atoms with van der Waals surface area (Å²) >= 11 is 0. The molecule has 10 heteroatoms. The Morgan fingerprint density at radius 3 is 2.34 bits per heavy atom. The van der Waals surface area contributed by atoms with E-state index in [0.29, 0.717) is 38.3 Å². The Labute approximate surface area is 261 Å². The fourth-order valence-corrected chi connectivity index (χ4v) is 6.90. The zero-order chi connectivity index (χ0) is 32.2. The highest BCUT2D eigenvalue weighted by atomic mass is 19.1. The molecule has 2 aliphatic heterocycles. The van der Waals surface area contributed by atoms with Crippen LogP contribution >= 0.6 is 0 Å². The first-order valence-corrected chi connectivity index (χ1v) is 15.9. The number of fused-ring (bicyclic) bond motifs is 3. The Bertz CT molecular complexity index is 1410. The van der Waals surface area contributed by atoms with Gasteiger partial charge in [0.2, 0.25) is 0 Å². The van der Waals surface area contributed by atoms with Crippen molar-refractivity contribution in [3.05, 3.63) is 46.9 Å². The lowest BCUT2D eigenvalue weighted by Crippen LogP contribution is -2.48. The Kier molecular flexibility index (Phi) is 8.35. The van der Waals surface area contributed by atoms with Crippen molar-refractivity contribution in [2.24, 2.45) is 0 Å². The quantitative estimate of drug-likeness (QED) is 0.353. The number of anilines is 2. The van der Waals surface area contributed by atoms with E-state index in [1.165, 1.54) is 6.33 Å². The van der Waals surface area contributed by atoms with Crippen molar-refractivity contribution in [3.63, 3.8) is 0 Å². The van der Waals surface area contributed by atoms with E-state index in [1.807, 2.05) is 68.4 Å². The van der Waals surface area contributed by atoms with Gasteiger partial charge in [-0.2, -0.15) is 0 Å². The van der Waals surface area contributed by atoms with Gasteiger partial charge < -0.3 is 24.2 Å². The van der Waals surface area contributed by atoms with Crippen molar-refractivity contribution >= 4 is 23.7 Å². The minimum atomic E-state index is -1.10. The number of halogens is 1. The molecule has 1 aromatic heterocycles. The van der Waals surface area contributed by atoms with Gasteiger partial charge in [-0.1, -0.05) is 19.1 Å². The monoisotopic (exact) mass is 609 g/mol. The molecule has 2 amide bonds. The highest BCUT2D eigenvalue weighted by molar-refractivity contribution is 5.76. The van der Waals surface area contributed by atoms with Crippen LogP contribution in [-0.4, -0.2) is 68.8 Å². The number of carbonyl (C=O) groups is 2. The van der Waals surface area contributed by atoms with E-state index in [2.05, 4.69) is 22.0 Å². The molecule has 3 aliphatic rings. The van der Waals surface area contributed by atoms with Crippen molar-refractivity contribution in [2.45, 2.75) is 123 Å². The number of carbonyl (C=O) groups excluding carboxylic acids is 2. The Hall–Kier alpha value is -3.43. The molecular formula is C34H48FN5O4. The van der Waals surface area contributed by atoms with Crippen LogP contribution < -0.4 is 4.90 Å². The number of rotatable bonds is 4. The maximum absolute atomic E-state index is 15.0. The lowest BCUT2D eigenvalue weighted by Gasteiger charge is -2.41. The second kappa shape index (κ2) is 11.5. The van der Waals surface area contributed by atoms with Crippen LogP contribution in [0.3, 0.4) is 0 Å². The predicted molar refractivity (Wildman–Crippen MR) is 168 cm³/mol. The first-order chi connectivity index (χ1) is 20.5. The van der Waals surface area contributed by atoms with Crippen LogP contribution in [0.25, 0.3) is 0 Å². The highest BCUT2D eigenvalue weighted by Gasteiger charge is 2.49. The molecule has 1 aliphatic carbocycles. The number of piperidine rings is 1. The molecule has 0 radical (unpaired) electrons. The zero-order valence-corrected chi connectivity index (χ0v) is 27.7. The standard InChI is InChI=1S/C34H48FN5O4/c1-21(2)39(31(42)44-33(7,8)9)18-23-11-10-12-25-27(23)34(13-15-38(16-14-34)30(41)43-32(4,5)6)19-40(25)29-26-22(3)17-24(35)28(26)36-20-37-29/h10-12,20-22,24H,13-19H2,1-9H3/t22-,24+/m1/s1. The average molecular weight is 610 g/mol. The number of benzene rings is 1. The van der Waals surface area contributed by atoms with E-state index in [0.717, 1.165) is 41.0 Å². The minimum Gasteiger partial charge on any atom is -0.444 e. The maximum atomic E-state index is 15.0.